The van der Waals surface area contributed by atoms with E-state index in [1.165, 1.54) is 19.3 Å². The molecule has 1 aliphatic carbocycles. The SMILES string of the molecule is CC(=O)N1CCNC(C(=O)NC2CCCCC2)C1. The molecule has 2 amide bonds. The summed E-state index contributed by atoms with van der Waals surface area (Å²) in [5.74, 6) is 0.0971. The Labute approximate surface area is 108 Å². The van der Waals surface area contributed by atoms with Gasteiger partial charge in [-0.15, -0.1) is 0 Å². The van der Waals surface area contributed by atoms with E-state index in [1.807, 2.05) is 0 Å². The number of piperazine rings is 1. The molecule has 1 saturated heterocycles. The lowest BCUT2D eigenvalue weighted by Crippen LogP contribution is -2.59. The van der Waals surface area contributed by atoms with Crippen molar-refractivity contribution in [2.75, 3.05) is 19.6 Å². The van der Waals surface area contributed by atoms with Gasteiger partial charge in [-0.2, -0.15) is 0 Å². The summed E-state index contributed by atoms with van der Waals surface area (Å²) >= 11 is 0. The molecular formula is C13H23N3O2. The minimum Gasteiger partial charge on any atom is -0.352 e. The zero-order valence-electron chi connectivity index (χ0n) is 11.1. The molecule has 1 aliphatic heterocycles. The van der Waals surface area contributed by atoms with E-state index in [9.17, 15) is 9.59 Å². The van der Waals surface area contributed by atoms with Crippen molar-refractivity contribution in [3.05, 3.63) is 0 Å². The molecule has 2 N–H and O–H groups in total. The topological polar surface area (TPSA) is 61.4 Å². The van der Waals surface area contributed by atoms with Crippen LogP contribution in [0.5, 0.6) is 0 Å². The molecule has 0 aromatic rings. The second-order valence-corrected chi connectivity index (χ2v) is 5.32. The third-order valence-corrected chi connectivity index (χ3v) is 3.89. The molecule has 18 heavy (non-hydrogen) atoms. The monoisotopic (exact) mass is 253 g/mol. The molecule has 1 atom stereocenters. The Morgan fingerprint density at radius 1 is 1.22 bits per heavy atom. The standard InChI is InChI=1S/C13H23N3O2/c1-10(17)16-8-7-14-12(9-16)13(18)15-11-5-3-2-4-6-11/h11-12,14H,2-9H2,1H3,(H,15,18). The summed E-state index contributed by atoms with van der Waals surface area (Å²) in [6.45, 7) is 3.44. The Hall–Kier alpha value is -1.10. The molecule has 0 aromatic heterocycles. The Morgan fingerprint density at radius 3 is 2.61 bits per heavy atom. The number of nitrogens with one attached hydrogen (secondary N) is 2. The van der Waals surface area contributed by atoms with Gasteiger partial charge in [0.1, 0.15) is 6.04 Å². The zero-order valence-corrected chi connectivity index (χ0v) is 11.1. The molecule has 1 unspecified atom stereocenters. The first kappa shape index (κ1) is 13.3. The smallest absolute Gasteiger partial charge is 0.239 e. The van der Waals surface area contributed by atoms with Crippen LogP contribution in [0, 0.1) is 0 Å². The Morgan fingerprint density at radius 2 is 1.94 bits per heavy atom. The molecule has 0 radical (unpaired) electrons. The summed E-state index contributed by atoms with van der Waals surface area (Å²) < 4.78 is 0. The lowest BCUT2D eigenvalue weighted by molar-refractivity contribution is -0.132. The number of nitrogens with zero attached hydrogens (tertiary/aromatic N) is 1. The molecule has 2 aliphatic rings. The normalized spacial score (nSPS) is 25.8. The second-order valence-electron chi connectivity index (χ2n) is 5.32. The van der Waals surface area contributed by atoms with Crippen LogP contribution in [0.2, 0.25) is 0 Å². The van der Waals surface area contributed by atoms with Gasteiger partial charge in [0.2, 0.25) is 11.8 Å². The predicted molar refractivity (Wildman–Crippen MR) is 69.1 cm³/mol. The van der Waals surface area contributed by atoms with Crippen molar-refractivity contribution in [2.45, 2.75) is 51.1 Å². The van der Waals surface area contributed by atoms with E-state index < -0.39 is 0 Å². The highest BCUT2D eigenvalue weighted by Gasteiger charge is 2.28. The number of hydrogen-bond donors (Lipinski definition) is 2. The van der Waals surface area contributed by atoms with Crippen LogP contribution in [0.15, 0.2) is 0 Å². The maximum atomic E-state index is 12.1. The fourth-order valence-corrected chi connectivity index (χ4v) is 2.76. The number of hydrogen-bond acceptors (Lipinski definition) is 3. The average molecular weight is 253 g/mol. The fourth-order valence-electron chi connectivity index (χ4n) is 2.76. The van der Waals surface area contributed by atoms with Gasteiger partial charge >= 0.3 is 0 Å². The minimum absolute atomic E-state index is 0.0481. The molecule has 1 saturated carbocycles. The van der Waals surface area contributed by atoms with Crippen LogP contribution >= 0.6 is 0 Å². The molecule has 1 heterocycles. The van der Waals surface area contributed by atoms with Crippen molar-refractivity contribution < 1.29 is 9.59 Å². The first-order valence-electron chi connectivity index (χ1n) is 6.96. The van der Waals surface area contributed by atoms with Crippen LogP contribution in [0.3, 0.4) is 0 Å². The van der Waals surface area contributed by atoms with Crippen molar-refractivity contribution in [2.24, 2.45) is 0 Å². The number of carbonyl (C=O) groups is 2. The van der Waals surface area contributed by atoms with Gasteiger partial charge in [-0.1, -0.05) is 19.3 Å². The van der Waals surface area contributed by atoms with Gasteiger partial charge in [-0.05, 0) is 12.8 Å². The van der Waals surface area contributed by atoms with E-state index >= 15 is 0 Å². The highest BCUT2D eigenvalue weighted by Crippen LogP contribution is 2.17. The molecule has 2 fully saturated rings. The first-order valence-corrected chi connectivity index (χ1v) is 6.96. The van der Waals surface area contributed by atoms with E-state index in [2.05, 4.69) is 10.6 Å². The molecular weight excluding hydrogens is 230 g/mol. The van der Waals surface area contributed by atoms with Gasteiger partial charge in [0.15, 0.2) is 0 Å². The maximum Gasteiger partial charge on any atom is 0.239 e. The van der Waals surface area contributed by atoms with E-state index in [1.54, 1.807) is 11.8 Å². The summed E-state index contributed by atoms with van der Waals surface area (Å²) in [4.78, 5) is 25.2. The third kappa shape index (κ3) is 3.45. The molecule has 0 bridgehead atoms. The first-order chi connectivity index (χ1) is 8.66. The van der Waals surface area contributed by atoms with Crippen LogP contribution in [0.1, 0.15) is 39.0 Å². The highest BCUT2D eigenvalue weighted by molar-refractivity contribution is 5.83. The van der Waals surface area contributed by atoms with Gasteiger partial charge in [0.05, 0.1) is 0 Å². The van der Waals surface area contributed by atoms with Crippen molar-refractivity contribution in [3.63, 3.8) is 0 Å². The van der Waals surface area contributed by atoms with Crippen LogP contribution in [0.25, 0.3) is 0 Å². The van der Waals surface area contributed by atoms with Crippen molar-refractivity contribution in [1.82, 2.24) is 15.5 Å². The summed E-state index contributed by atoms with van der Waals surface area (Å²) in [7, 11) is 0. The Kier molecular flexibility index (Phi) is 4.58. The Bertz CT molecular complexity index is 313. The largest absolute Gasteiger partial charge is 0.352 e. The quantitative estimate of drug-likeness (QED) is 0.742. The number of carbonyl (C=O) groups excluding carboxylic acids is 2. The van der Waals surface area contributed by atoms with E-state index in [-0.39, 0.29) is 17.9 Å². The lowest BCUT2D eigenvalue weighted by atomic mass is 9.95. The average Bonchev–Trinajstić information content (AvgIpc) is 2.40. The van der Waals surface area contributed by atoms with Crippen molar-refractivity contribution >= 4 is 11.8 Å². The summed E-state index contributed by atoms with van der Waals surface area (Å²) in [6, 6.07) is 0.0883. The molecule has 102 valence electrons. The minimum atomic E-state index is -0.246. The number of amides is 2. The lowest BCUT2D eigenvalue weighted by Gasteiger charge is -2.33. The van der Waals surface area contributed by atoms with Gasteiger partial charge < -0.3 is 15.5 Å². The van der Waals surface area contributed by atoms with Gasteiger partial charge in [-0.3, -0.25) is 9.59 Å². The van der Waals surface area contributed by atoms with Crippen LogP contribution in [0.4, 0.5) is 0 Å². The van der Waals surface area contributed by atoms with E-state index in [4.69, 9.17) is 0 Å². The third-order valence-electron chi connectivity index (χ3n) is 3.89. The highest BCUT2D eigenvalue weighted by atomic mass is 16.2. The summed E-state index contributed by atoms with van der Waals surface area (Å²) in [5, 5.41) is 6.30. The second kappa shape index (κ2) is 6.18. The van der Waals surface area contributed by atoms with Crippen molar-refractivity contribution in [1.29, 1.82) is 0 Å². The number of rotatable bonds is 2. The summed E-state index contributed by atoms with van der Waals surface area (Å²) in [6.07, 6.45) is 5.89. The Balaban J connectivity index is 1.82. The van der Waals surface area contributed by atoms with E-state index in [0.29, 0.717) is 25.7 Å². The molecule has 0 aromatic carbocycles. The van der Waals surface area contributed by atoms with Crippen LogP contribution < -0.4 is 10.6 Å². The summed E-state index contributed by atoms with van der Waals surface area (Å²) in [5.41, 5.74) is 0. The molecule has 5 heteroatoms. The van der Waals surface area contributed by atoms with Crippen LogP contribution in [-0.4, -0.2) is 48.4 Å². The van der Waals surface area contributed by atoms with Crippen molar-refractivity contribution in [3.8, 4) is 0 Å². The predicted octanol–water partition coefficient (Wildman–Crippen LogP) is 0.256. The van der Waals surface area contributed by atoms with Gasteiger partial charge in [-0.25, -0.2) is 0 Å². The zero-order chi connectivity index (χ0) is 13.0. The van der Waals surface area contributed by atoms with Crippen LogP contribution in [-0.2, 0) is 9.59 Å². The molecule has 5 nitrogen and oxygen atoms in total. The molecule has 2 rings (SSSR count). The molecule has 0 spiro atoms. The maximum absolute atomic E-state index is 12.1. The van der Waals surface area contributed by atoms with E-state index in [0.717, 1.165) is 12.8 Å². The fraction of sp³-hybridized carbons (Fsp3) is 0.846. The van der Waals surface area contributed by atoms with Gasteiger partial charge in [0, 0.05) is 32.6 Å². The van der Waals surface area contributed by atoms with Gasteiger partial charge in [0.25, 0.3) is 0 Å².